The van der Waals surface area contributed by atoms with Crippen LogP contribution in [0.1, 0.15) is 12.5 Å². The van der Waals surface area contributed by atoms with Gasteiger partial charge in [-0.1, -0.05) is 60.7 Å². The molecule has 2 nitrogen and oxygen atoms in total. The molecule has 0 unspecified atom stereocenters. The standard InChI is InChI=1S/C16H16O2/c1-17-13-18-16-10-6-5-9-15(16)12-11-14-7-3-2-4-8-14/h2-12H,13H2,1H3/b12-11-/i10D. The molecule has 0 aromatic heterocycles. The van der Waals surface area contributed by atoms with Crippen LogP contribution in [0.3, 0.4) is 0 Å². The number of hydrogen-bond donors (Lipinski definition) is 0. The Bertz CT molecular complexity index is 550. The van der Waals surface area contributed by atoms with Crippen molar-refractivity contribution in [2.75, 3.05) is 13.9 Å². The third-order valence-electron chi connectivity index (χ3n) is 2.42. The van der Waals surface area contributed by atoms with Gasteiger partial charge >= 0.3 is 0 Å². The fourth-order valence-corrected chi connectivity index (χ4v) is 1.56. The smallest absolute Gasteiger partial charge is 0.188 e. The van der Waals surface area contributed by atoms with Crippen molar-refractivity contribution in [3.63, 3.8) is 0 Å². The van der Waals surface area contributed by atoms with Crippen molar-refractivity contribution in [2.24, 2.45) is 0 Å². The van der Waals surface area contributed by atoms with Crippen LogP contribution in [0.15, 0.2) is 54.6 Å². The van der Waals surface area contributed by atoms with Crippen molar-refractivity contribution < 1.29 is 10.8 Å². The van der Waals surface area contributed by atoms with E-state index in [0.717, 1.165) is 11.1 Å². The van der Waals surface area contributed by atoms with Crippen molar-refractivity contribution in [3.8, 4) is 5.75 Å². The van der Waals surface area contributed by atoms with E-state index in [4.69, 9.17) is 10.8 Å². The minimum absolute atomic E-state index is 0.141. The highest BCUT2D eigenvalue weighted by molar-refractivity contribution is 5.72. The molecule has 2 heteroatoms. The van der Waals surface area contributed by atoms with Gasteiger partial charge in [-0.25, -0.2) is 0 Å². The van der Waals surface area contributed by atoms with Crippen molar-refractivity contribution in [2.45, 2.75) is 0 Å². The second-order valence-corrected chi connectivity index (χ2v) is 3.75. The molecule has 0 atom stereocenters. The molecule has 0 saturated carbocycles. The molecule has 0 bridgehead atoms. The molecule has 0 radical (unpaired) electrons. The SMILES string of the molecule is [2H]c1cccc(/C=C\c2ccccc2)c1OCOC. The third-order valence-corrected chi connectivity index (χ3v) is 2.42. The molecular weight excluding hydrogens is 224 g/mol. The lowest BCUT2D eigenvalue weighted by atomic mass is 10.1. The highest BCUT2D eigenvalue weighted by atomic mass is 16.7. The van der Waals surface area contributed by atoms with Crippen LogP contribution in [-0.2, 0) is 4.74 Å². The molecule has 2 rings (SSSR count). The molecule has 2 aromatic rings. The van der Waals surface area contributed by atoms with Crippen LogP contribution in [0, 0.1) is 0 Å². The summed E-state index contributed by atoms with van der Waals surface area (Å²) >= 11 is 0. The first-order chi connectivity index (χ1) is 9.31. The summed E-state index contributed by atoms with van der Waals surface area (Å²) in [5, 5.41) is 0. The van der Waals surface area contributed by atoms with Crippen molar-refractivity contribution >= 4 is 12.2 Å². The van der Waals surface area contributed by atoms with Crippen LogP contribution in [0.4, 0.5) is 0 Å². The maximum atomic E-state index is 7.86. The van der Waals surface area contributed by atoms with Crippen LogP contribution < -0.4 is 4.74 Å². The minimum atomic E-state index is 0.141. The molecule has 0 spiro atoms. The zero-order chi connectivity index (χ0) is 13.5. The number of rotatable bonds is 5. The summed E-state index contributed by atoms with van der Waals surface area (Å²) in [6.45, 7) is 0.141. The van der Waals surface area contributed by atoms with E-state index in [1.807, 2.05) is 54.6 Å². The summed E-state index contributed by atoms with van der Waals surface area (Å²) in [6, 6.07) is 15.8. The summed E-state index contributed by atoms with van der Waals surface area (Å²) in [6.07, 6.45) is 3.94. The number of hydrogen-bond acceptors (Lipinski definition) is 2. The van der Waals surface area contributed by atoms with E-state index in [9.17, 15) is 0 Å². The van der Waals surface area contributed by atoms with Crippen molar-refractivity contribution in [1.82, 2.24) is 0 Å². The highest BCUT2D eigenvalue weighted by Crippen LogP contribution is 2.20. The minimum Gasteiger partial charge on any atom is -0.467 e. The Morgan fingerprint density at radius 2 is 1.83 bits per heavy atom. The maximum absolute atomic E-state index is 7.86. The molecule has 0 aliphatic heterocycles. The summed E-state index contributed by atoms with van der Waals surface area (Å²) < 4.78 is 18.2. The lowest BCUT2D eigenvalue weighted by Crippen LogP contribution is -1.99. The third kappa shape index (κ3) is 3.47. The van der Waals surface area contributed by atoms with E-state index in [-0.39, 0.29) is 6.79 Å². The molecule has 0 fully saturated rings. The van der Waals surface area contributed by atoms with Gasteiger partial charge in [0.1, 0.15) is 5.75 Å². The van der Waals surface area contributed by atoms with Gasteiger partial charge in [0.15, 0.2) is 6.79 Å². The molecule has 0 heterocycles. The van der Waals surface area contributed by atoms with E-state index in [2.05, 4.69) is 0 Å². The first-order valence-electron chi connectivity index (χ1n) is 6.26. The predicted octanol–water partition coefficient (Wildman–Crippen LogP) is 3.84. The van der Waals surface area contributed by atoms with Crippen molar-refractivity contribution in [1.29, 1.82) is 0 Å². The van der Waals surface area contributed by atoms with Crippen LogP contribution in [0.2, 0.25) is 0 Å². The zero-order valence-corrected chi connectivity index (χ0v) is 10.3. The Balaban J connectivity index is 2.24. The van der Waals surface area contributed by atoms with Gasteiger partial charge in [0.2, 0.25) is 0 Å². The summed E-state index contributed by atoms with van der Waals surface area (Å²) in [5.41, 5.74) is 1.98. The highest BCUT2D eigenvalue weighted by Gasteiger charge is 1.98. The summed E-state index contributed by atoms with van der Waals surface area (Å²) in [4.78, 5) is 0. The van der Waals surface area contributed by atoms with Gasteiger partial charge in [-0.15, -0.1) is 0 Å². The van der Waals surface area contributed by atoms with E-state index in [1.165, 1.54) is 0 Å². The predicted molar refractivity (Wildman–Crippen MR) is 74.3 cm³/mol. The monoisotopic (exact) mass is 241 g/mol. The summed E-state index contributed by atoms with van der Waals surface area (Å²) in [5.74, 6) is 0.538. The van der Waals surface area contributed by atoms with Gasteiger partial charge in [0.05, 0.1) is 1.37 Å². The fraction of sp³-hybridized carbons (Fsp3) is 0.125. The van der Waals surface area contributed by atoms with E-state index < -0.39 is 0 Å². The molecule has 0 aliphatic carbocycles. The average molecular weight is 241 g/mol. The quantitative estimate of drug-likeness (QED) is 0.585. The van der Waals surface area contributed by atoms with Gasteiger partial charge in [0.25, 0.3) is 0 Å². The second-order valence-electron chi connectivity index (χ2n) is 3.75. The van der Waals surface area contributed by atoms with Crippen molar-refractivity contribution in [3.05, 3.63) is 65.7 Å². The largest absolute Gasteiger partial charge is 0.467 e. The molecule has 92 valence electrons. The molecular formula is C16H16O2. The molecule has 18 heavy (non-hydrogen) atoms. The lowest BCUT2D eigenvalue weighted by Gasteiger charge is -2.07. The topological polar surface area (TPSA) is 18.5 Å². The molecule has 0 saturated heterocycles. The van der Waals surface area contributed by atoms with E-state index in [1.54, 1.807) is 13.2 Å². The van der Waals surface area contributed by atoms with Crippen LogP contribution in [-0.4, -0.2) is 13.9 Å². The first kappa shape index (κ1) is 11.1. The molecule has 0 N–H and O–H groups in total. The number of ether oxygens (including phenoxy) is 2. The first-order valence-corrected chi connectivity index (χ1v) is 5.76. The van der Waals surface area contributed by atoms with Crippen LogP contribution in [0.25, 0.3) is 12.2 Å². The zero-order valence-electron chi connectivity index (χ0n) is 11.3. The Hall–Kier alpha value is -2.06. The van der Waals surface area contributed by atoms with Gasteiger partial charge in [-0.2, -0.15) is 0 Å². The van der Waals surface area contributed by atoms with E-state index in [0.29, 0.717) is 11.8 Å². The fourth-order valence-electron chi connectivity index (χ4n) is 1.56. The van der Waals surface area contributed by atoms with Crippen LogP contribution >= 0.6 is 0 Å². The number of methoxy groups -OCH3 is 1. The number of para-hydroxylation sites is 1. The second kappa shape index (κ2) is 6.62. The van der Waals surface area contributed by atoms with Gasteiger partial charge in [-0.3, -0.25) is 0 Å². The summed E-state index contributed by atoms with van der Waals surface area (Å²) in [7, 11) is 1.56. The normalized spacial score (nSPS) is 11.5. The lowest BCUT2D eigenvalue weighted by molar-refractivity contribution is 0.0510. The Kier molecular flexibility index (Phi) is 4.07. The van der Waals surface area contributed by atoms with Gasteiger partial charge < -0.3 is 9.47 Å². The van der Waals surface area contributed by atoms with Crippen LogP contribution in [0.5, 0.6) is 5.75 Å². The number of benzene rings is 2. The maximum Gasteiger partial charge on any atom is 0.188 e. The Morgan fingerprint density at radius 3 is 2.61 bits per heavy atom. The average Bonchev–Trinajstić information content (AvgIpc) is 2.45. The Labute approximate surface area is 109 Å². The van der Waals surface area contributed by atoms with E-state index >= 15 is 0 Å². The van der Waals surface area contributed by atoms with Gasteiger partial charge in [0, 0.05) is 12.7 Å². The molecule has 0 amide bonds. The molecule has 0 aliphatic rings. The molecule has 2 aromatic carbocycles. The van der Waals surface area contributed by atoms with Gasteiger partial charge in [-0.05, 0) is 11.6 Å². The Morgan fingerprint density at radius 1 is 1.06 bits per heavy atom.